The molecular weight excluding hydrogens is 214 g/mol. The monoisotopic (exact) mass is 235 g/mol. The minimum absolute atomic E-state index is 0.147. The predicted octanol–water partition coefficient (Wildman–Crippen LogP) is -0.148. The van der Waals surface area contributed by atoms with E-state index in [-0.39, 0.29) is 6.04 Å². The van der Waals surface area contributed by atoms with E-state index in [9.17, 15) is 8.42 Å². The highest BCUT2D eigenvalue weighted by Gasteiger charge is 2.33. The van der Waals surface area contributed by atoms with Gasteiger partial charge in [-0.2, -0.15) is 17.0 Å². The summed E-state index contributed by atoms with van der Waals surface area (Å²) in [5.74, 6) is 0.460. The fourth-order valence-electron chi connectivity index (χ4n) is 1.66. The molecule has 0 radical (unpaired) electrons. The highest BCUT2D eigenvalue weighted by atomic mass is 32.2. The van der Waals surface area contributed by atoms with E-state index in [1.165, 1.54) is 4.31 Å². The van der Waals surface area contributed by atoms with Crippen molar-refractivity contribution in [1.82, 2.24) is 8.61 Å². The van der Waals surface area contributed by atoms with E-state index in [0.717, 1.165) is 6.42 Å². The average Bonchev–Trinajstić information content (AvgIpc) is 2.63. The van der Waals surface area contributed by atoms with E-state index in [0.29, 0.717) is 25.6 Å². The maximum Gasteiger partial charge on any atom is 0.282 e. The van der Waals surface area contributed by atoms with Crippen LogP contribution in [-0.2, 0) is 10.2 Å². The molecule has 0 aromatic rings. The summed E-state index contributed by atoms with van der Waals surface area (Å²) in [5.41, 5.74) is 5.47. The Labute approximate surface area is 92.4 Å². The molecule has 6 heteroatoms. The molecular formula is C9H21N3O2S. The molecule has 90 valence electrons. The summed E-state index contributed by atoms with van der Waals surface area (Å²) in [6, 6.07) is -0.147. The zero-order valence-corrected chi connectivity index (χ0v) is 10.5. The van der Waals surface area contributed by atoms with Gasteiger partial charge in [-0.05, 0) is 19.3 Å². The number of nitrogens with zero attached hydrogens (tertiary/aromatic N) is 2. The van der Waals surface area contributed by atoms with Crippen LogP contribution in [0.25, 0.3) is 0 Å². The first kappa shape index (κ1) is 12.9. The molecule has 0 saturated carbocycles. The van der Waals surface area contributed by atoms with Crippen molar-refractivity contribution in [3.8, 4) is 0 Å². The van der Waals surface area contributed by atoms with Crippen LogP contribution in [0.3, 0.4) is 0 Å². The molecule has 0 aromatic heterocycles. The Kier molecular flexibility index (Phi) is 4.11. The Bertz CT molecular complexity index is 296. The van der Waals surface area contributed by atoms with Gasteiger partial charge in [-0.15, -0.1) is 0 Å². The lowest BCUT2D eigenvalue weighted by atomic mass is 10.2. The summed E-state index contributed by atoms with van der Waals surface area (Å²) in [7, 11) is -1.70. The van der Waals surface area contributed by atoms with Crippen LogP contribution in [0.2, 0.25) is 0 Å². The van der Waals surface area contributed by atoms with Crippen LogP contribution in [0.15, 0.2) is 0 Å². The van der Waals surface area contributed by atoms with Crippen molar-refractivity contribution in [2.75, 3.05) is 26.7 Å². The molecule has 2 atom stereocenters. The molecule has 1 aliphatic heterocycles. The summed E-state index contributed by atoms with van der Waals surface area (Å²) in [5, 5.41) is 0. The maximum absolute atomic E-state index is 12.1. The topological polar surface area (TPSA) is 66.6 Å². The third kappa shape index (κ3) is 2.69. The van der Waals surface area contributed by atoms with E-state index >= 15 is 0 Å². The van der Waals surface area contributed by atoms with Crippen LogP contribution in [0, 0.1) is 5.92 Å². The lowest BCUT2D eigenvalue weighted by Crippen LogP contribution is -2.47. The van der Waals surface area contributed by atoms with Gasteiger partial charge < -0.3 is 5.73 Å². The second-order valence-corrected chi connectivity index (χ2v) is 6.35. The first-order valence-corrected chi connectivity index (χ1v) is 6.72. The molecule has 1 fully saturated rings. The van der Waals surface area contributed by atoms with Gasteiger partial charge in [0.05, 0.1) is 0 Å². The van der Waals surface area contributed by atoms with Gasteiger partial charge >= 0.3 is 0 Å². The number of nitrogens with two attached hydrogens (primary N) is 1. The Morgan fingerprint density at radius 2 is 2.20 bits per heavy atom. The number of hydrogen-bond donors (Lipinski definition) is 1. The second-order valence-electron chi connectivity index (χ2n) is 4.36. The Hall–Kier alpha value is -0.170. The first-order chi connectivity index (χ1) is 6.89. The molecule has 15 heavy (non-hydrogen) atoms. The molecule has 1 heterocycles. The van der Waals surface area contributed by atoms with Crippen molar-refractivity contribution < 1.29 is 8.42 Å². The van der Waals surface area contributed by atoms with Crippen LogP contribution in [-0.4, -0.2) is 49.8 Å². The fraction of sp³-hybridized carbons (Fsp3) is 1.00. The molecule has 5 nitrogen and oxygen atoms in total. The maximum atomic E-state index is 12.1. The van der Waals surface area contributed by atoms with Crippen LogP contribution in [0.4, 0.5) is 0 Å². The van der Waals surface area contributed by atoms with E-state index < -0.39 is 10.2 Å². The quantitative estimate of drug-likeness (QED) is 0.737. The van der Waals surface area contributed by atoms with Gasteiger partial charge in [0.25, 0.3) is 10.2 Å². The van der Waals surface area contributed by atoms with Gasteiger partial charge in [-0.25, -0.2) is 0 Å². The third-order valence-electron chi connectivity index (χ3n) is 3.04. The van der Waals surface area contributed by atoms with Gasteiger partial charge in [0, 0.05) is 32.7 Å². The highest BCUT2D eigenvalue weighted by Crippen LogP contribution is 2.21. The van der Waals surface area contributed by atoms with Crippen LogP contribution >= 0.6 is 0 Å². The van der Waals surface area contributed by atoms with Crippen LogP contribution in [0.1, 0.15) is 20.3 Å². The van der Waals surface area contributed by atoms with Gasteiger partial charge in [-0.3, -0.25) is 0 Å². The zero-order valence-electron chi connectivity index (χ0n) is 9.68. The van der Waals surface area contributed by atoms with E-state index in [1.807, 2.05) is 6.92 Å². The lowest BCUT2D eigenvalue weighted by Gasteiger charge is -2.28. The zero-order chi connectivity index (χ0) is 11.6. The van der Waals surface area contributed by atoms with Gasteiger partial charge in [0.1, 0.15) is 0 Å². The normalized spacial score (nSPS) is 26.1. The first-order valence-electron chi connectivity index (χ1n) is 5.32. The van der Waals surface area contributed by atoms with Crippen molar-refractivity contribution in [2.24, 2.45) is 11.7 Å². The SMILES string of the molecule is CC1CCN(S(=O)(=O)N(C)C(C)CN)C1. The summed E-state index contributed by atoms with van der Waals surface area (Å²) in [4.78, 5) is 0. The Morgan fingerprint density at radius 1 is 1.60 bits per heavy atom. The molecule has 1 saturated heterocycles. The molecule has 0 aromatic carbocycles. The molecule has 2 N–H and O–H groups in total. The van der Waals surface area contributed by atoms with Crippen molar-refractivity contribution in [2.45, 2.75) is 26.3 Å². The van der Waals surface area contributed by atoms with E-state index in [4.69, 9.17) is 5.73 Å². The van der Waals surface area contributed by atoms with E-state index in [2.05, 4.69) is 6.92 Å². The van der Waals surface area contributed by atoms with Crippen molar-refractivity contribution in [3.63, 3.8) is 0 Å². The summed E-state index contributed by atoms with van der Waals surface area (Å²) in [6.45, 7) is 5.49. The molecule has 1 rings (SSSR count). The number of hydrogen-bond acceptors (Lipinski definition) is 3. The van der Waals surface area contributed by atoms with E-state index in [1.54, 1.807) is 11.4 Å². The molecule has 0 bridgehead atoms. The predicted molar refractivity (Wildman–Crippen MR) is 60.6 cm³/mol. The molecule has 0 aliphatic carbocycles. The van der Waals surface area contributed by atoms with Crippen LogP contribution in [0.5, 0.6) is 0 Å². The molecule has 1 aliphatic rings. The van der Waals surface area contributed by atoms with Gasteiger partial charge in [0.15, 0.2) is 0 Å². The minimum atomic E-state index is -3.30. The second kappa shape index (κ2) is 4.78. The highest BCUT2D eigenvalue weighted by molar-refractivity contribution is 7.86. The van der Waals surface area contributed by atoms with Crippen LogP contribution < -0.4 is 5.73 Å². The molecule has 0 amide bonds. The summed E-state index contributed by atoms with van der Waals surface area (Å²) >= 11 is 0. The van der Waals surface area contributed by atoms with Gasteiger partial charge in [0.2, 0.25) is 0 Å². The number of likely N-dealkylation sites (N-methyl/N-ethyl adjacent to an activating group) is 1. The fourth-order valence-corrected chi connectivity index (χ4v) is 3.35. The molecule has 0 spiro atoms. The Balaban J connectivity index is 2.74. The van der Waals surface area contributed by atoms with Crippen molar-refractivity contribution in [1.29, 1.82) is 0 Å². The smallest absolute Gasteiger partial charge is 0.282 e. The summed E-state index contributed by atoms with van der Waals surface area (Å²) < 4.78 is 27.1. The van der Waals surface area contributed by atoms with Crippen molar-refractivity contribution >= 4 is 10.2 Å². The minimum Gasteiger partial charge on any atom is -0.329 e. The largest absolute Gasteiger partial charge is 0.329 e. The third-order valence-corrected chi connectivity index (χ3v) is 5.11. The Morgan fingerprint density at radius 3 is 2.60 bits per heavy atom. The number of rotatable bonds is 4. The summed E-state index contributed by atoms with van der Waals surface area (Å²) in [6.07, 6.45) is 0.948. The lowest BCUT2D eigenvalue weighted by molar-refractivity contribution is 0.346. The van der Waals surface area contributed by atoms with Crippen molar-refractivity contribution in [3.05, 3.63) is 0 Å². The average molecular weight is 235 g/mol. The van der Waals surface area contributed by atoms with Gasteiger partial charge in [-0.1, -0.05) is 6.92 Å². The molecule has 2 unspecified atom stereocenters. The standard InChI is InChI=1S/C9H21N3O2S/c1-8-4-5-12(7-8)15(13,14)11(3)9(2)6-10/h8-9H,4-7,10H2,1-3H3.